The molecule has 0 radical (unpaired) electrons. The molecule has 0 aromatic heterocycles. The van der Waals surface area contributed by atoms with Crippen LogP contribution in [-0.2, 0) is 4.79 Å². The van der Waals surface area contributed by atoms with Crippen molar-refractivity contribution >= 4 is 6.29 Å². The maximum atomic E-state index is 11.3. The van der Waals surface area contributed by atoms with E-state index in [1.165, 1.54) is 161 Å². The van der Waals surface area contributed by atoms with Crippen LogP contribution in [0.15, 0.2) is 11.6 Å². The fourth-order valence-electron chi connectivity index (χ4n) is 4.83. The Morgan fingerprint density at radius 3 is 1.06 bits per heavy atom. The van der Waals surface area contributed by atoms with Crippen molar-refractivity contribution in [3.05, 3.63) is 11.6 Å². The molecule has 196 valence electrons. The van der Waals surface area contributed by atoms with Gasteiger partial charge in [-0.1, -0.05) is 168 Å². The van der Waals surface area contributed by atoms with Crippen LogP contribution in [0.4, 0.5) is 0 Å². The molecule has 0 unspecified atom stereocenters. The van der Waals surface area contributed by atoms with E-state index in [0.29, 0.717) is 0 Å². The van der Waals surface area contributed by atoms with Crippen molar-refractivity contribution in [2.45, 2.75) is 187 Å². The molecule has 0 fully saturated rings. The number of aldehydes is 1. The van der Waals surface area contributed by atoms with Crippen molar-refractivity contribution in [2.24, 2.45) is 0 Å². The van der Waals surface area contributed by atoms with Crippen LogP contribution in [0.2, 0.25) is 0 Å². The van der Waals surface area contributed by atoms with Gasteiger partial charge in [-0.2, -0.15) is 0 Å². The molecule has 0 saturated heterocycles. The predicted octanol–water partition coefficient (Wildman–Crippen LogP) is 11.7. The molecule has 0 aliphatic carbocycles. The van der Waals surface area contributed by atoms with E-state index in [1.54, 1.807) is 0 Å². The SMILES string of the molecule is CCCCCCCCCCCCCCCC/C=C(/C=O)CCCCCCCCCCCCC. The Bertz CT molecular complexity index is 397. The number of rotatable bonds is 28. The average molecular weight is 463 g/mol. The lowest BCUT2D eigenvalue weighted by Crippen LogP contribution is -1.88. The molecular weight excluding hydrogens is 400 g/mol. The lowest BCUT2D eigenvalue weighted by Gasteiger charge is -2.04. The molecule has 33 heavy (non-hydrogen) atoms. The number of unbranched alkanes of at least 4 members (excludes halogenated alkanes) is 24. The zero-order chi connectivity index (χ0) is 24.1. The Morgan fingerprint density at radius 1 is 0.424 bits per heavy atom. The van der Waals surface area contributed by atoms with Gasteiger partial charge in [0.05, 0.1) is 0 Å². The van der Waals surface area contributed by atoms with Crippen molar-refractivity contribution in [1.29, 1.82) is 0 Å². The third kappa shape index (κ3) is 27.5. The van der Waals surface area contributed by atoms with Gasteiger partial charge in [0, 0.05) is 0 Å². The molecule has 0 aliphatic heterocycles. The highest BCUT2D eigenvalue weighted by atomic mass is 16.1. The van der Waals surface area contributed by atoms with Crippen LogP contribution in [-0.4, -0.2) is 6.29 Å². The molecule has 0 spiro atoms. The van der Waals surface area contributed by atoms with Gasteiger partial charge in [0.25, 0.3) is 0 Å². The normalized spacial score (nSPS) is 11.9. The van der Waals surface area contributed by atoms with Gasteiger partial charge in [0.1, 0.15) is 6.29 Å². The molecule has 0 rings (SSSR count). The Kier molecular flexibility index (Phi) is 28.9. The average Bonchev–Trinajstić information content (AvgIpc) is 2.83. The first kappa shape index (κ1) is 32.4. The van der Waals surface area contributed by atoms with Crippen LogP contribution in [0.5, 0.6) is 0 Å². The molecule has 0 N–H and O–H groups in total. The van der Waals surface area contributed by atoms with Gasteiger partial charge in [0.15, 0.2) is 0 Å². The maximum Gasteiger partial charge on any atom is 0.145 e. The third-order valence-electron chi connectivity index (χ3n) is 7.18. The molecule has 0 heterocycles. The highest BCUT2D eigenvalue weighted by Crippen LogP contribution is 2.16. The molecule has 0 atom stereocenters. The maximum absolute atomic E-state index is 11.3. The Hall–Kier alpha value is -0.590. The second-order valence-electron chi connectivity index (χ2n) is 10.6. The molecule has 0 saturated carbocycles. The number of carbonyl (C=O) groups excluding carboxylic acids is 1. The topological polar surface area (TPSA) is 17.1 Å². The zero-order valence-corrected chi connectivity index (χ0v) is 23.2. The minimum atomic E-state index is 0.999. The van der Waals surface area contributed by atoms with Gasteiger partial charge in [-0.3, -0.25) is 4.79 Å². The summed E-state index contributed by atoms with van der Waals surface area (Å²) in [6, 6.07) is 0. The lowest BCUT2D eigenvalue weighted by molar-refractivity contribution is -0.105. The molecule has 0 aromatic rings. The standard InChI is InChI=1S/C32H62O/c1-3-5-7-9-11-13-15-16-17-18-20-22-24-26-28-30-32(31-33)29-27-25-23-21-19-14-12-10-8-6-4-2/h30-31H,3-29H2,1-2H3/b32-30+. The Labute approximate surface area is 210 Å². The number of hydrogen-bond acceptors (Lipinski definition) is 1. The summed E-state index contributed by atoms with van der Waals surface area (Å²) in [5, 5.41) is 0. The van der Waals surface area contributed by atoms with E-state index in [1.807, 2.05) is 0 Å². The van der Waals surface area contributed by atoms with E-state index in [9.17, 15) is 4.79 Å². The molecule has 0 bridgehead atoms. The van der Waals surface area contributed by atoms with Crippen LogP contribution >= 0.6 is 0 Å². The first-order valence-electron chi connectivity index (χ1n) is 15.5. The number of allylic oxidation sites excluding steroid dienone is 2. The summed E-state index contributed by atoms with van der Waals surface area (Å²) >= 11 is 0. The fourth-order valence-corrected chi connectivity index (χ4v) is 4.83. The van der Waals surface area contributed by atoms with Gasteiger partial charge < -0.3 is 0 Å². The van der Waals surface area contributed by atoms with Crippen LogP contribution in [0.3, 0.4) is 0 Å². The minimum Gasteiger partial charge on any atom is -0.298 e. The molecule has 0 aromatic carbocycles. The quantitative estimate of drug-likeness (QED) is 0.0641. The van der Waals surface area contributed by atoms with Gasteiger partial charge >= 0.3 is 0 Å². The first-order valence-corrected chi connectivity index (χ1v) is 15.5. The summed E-state index contributed by atoms with van der Waals surface area (Å²) in [6.07, 6.45) is 40.2. The van der Waals surface area contributed by atoms with Gasteiger partial charge in [-0.05, 0) is 31.3 Å². The van der Waals surface area contributed by atoms with E-state index >= 15 is 0 Å². The first-order chi connectivity index (χ1) is 16.3. The fraction of sp³-hybridized carbons (Fsp3) is 0.906. The molecule has 1 nitrogen and oxygen atoms in total. The van der Waals surface area contributed by atoms with Crippen LogP contribution in [0, 0.1) is 0 Å². The van der Waals surface area contributed by atoms with Crippen LogP contribution in [0.25, 0.3) is 0 Å². The zero-order valence-electron chi connectivity index (χ0n) is 23.2. The second kappa shape index (κ2) is 29.4. The summed E-state index contributed by atoms with van der Waals surface area (Å²) in [5.74, 6) is 0. The van der Waals surface area contributed by atoms with Crippen molar-refractivity contribution in [2.75, 3.05) is 0 Å². The van der Waals surface area contributed by atoms with E-state index in [-0.39, 0.29) is 0 Å². The summed E-state index contributed by atoms with van der Waals surface area (Å²) < 4.78 is 0. The van der Waals surface area contributed by atoms with Crippen molar-refractivity contribution in [1.82, 2.24) is 0 Å². The largest absolute Gasteiger partial charge is 0.298 e. The van der Waals surface area contributed by atoms with Gasteiger partial charge in [-0.15, -0.1) is 0 Å². The highest BCUT2D eigenvalue weighted by molar-refractivity contribution is 5.72. The third-order valence-corrected chi connectivity index (χ3v) is 7.18. The Morgan fingerprint density at radius 2 is 0.727 bits per heavy atom. The van der Waals surface area contributed by atoms with Gasteiger partial charge in [0.2, 0.25) is 0 Å². The summed E-state index contributed by atoms with van der Waals surface area (Å²) in [7, 11) is 0. The van der Waals surface area contributed by atoms with Gasteiger partial charge in [-0.25, -0.2) is 0 Å². The summed E-state index contributed by atoms with van der Waals surface area (Å²) in [4.78, 5) is 11.3. The predicted molar refractivity (Wildman–Crippen MR) is 150 cm³/mol. The van der Waals surface area contributed by atoms with Crippen molar-refractivity contribution in [3.63, 3.8) is 0 Å². The number of carbonyl (C=O) groups is 1. The molecule has 1 heteroatoms. The highest BCUT2D eigenvalue weighted by Gasteiger charge is 1.98. The molecule has 0 amide bonds. The summed E-state index contributed by atoms with van der Waals surface area (Å²) in [6.45, 7) is 4.57. The number of hydrogen-bond donors (Lipinski definition) is 0. The van der Waals surface area contributed by atoms with E-state index < -0.39 is 0 Å². The van der Waals surface area contributed by atoms with E-state index in [4.69, 9.17) is 0 Å². The Balaban J connectivity index is 3.35. The van der Waals surface area contributed by atoms with Crippen LogP contribution < -0.4 is 0 Å². The van der Waals surface area contributed by atoms with Crippen LogP contribution in [0.1, 0.15) is 187 Å². The smallest absolute Gasteiger partial charge is 0.145 e. The van der Waals surface area contributed by atoms with E-state index in [0.717, 1.165) is 24.7 Å². The van der Waals surface area contributed by atoms with E-state index in [2.05, 4.69) is 19.9 Å². The minimum absolute atomic E-state index is 0.999. The lowest BCUT2D eigenvalue weighted by atomic mass is 10.0. The summed E-state index contributed by atoms with van der Waals surface area (Å²) in [5.41, 5.74) is 1.06. The second-order valence-corrected chi connectivity index (χ2v) is 10.6. The monoisotopic (exact) mass is 462 g/mol. The molecular formula is C32H62O. The van der Waals surface area contributed by atoms with Crippen molar-refractivity contribution in [3.8, 4) is 0 Å². The van der Waals surface area contributed by atoms with Crippen molar-refractivity contribution < 1.29 is 4.79 Å². The molecule has 0 aliphatic rings.